The van der Waals surface area contributed by atoms with E-state index in [1.54, 1.807) is 31.6 Å². The summed E-state index contributed by atoms with van der Waals surface area (Å²) in [6, 6.07) is 0.551. The van der Waals surface area contributed by atoms with Crippen LogP contribution in [0.1, 0.15) is 93.2 Å². The van der Waals surface area contributed by atoms with E-state index in [1.807, 2.05) is 42.0 Å². The molecule has 0 radical (unpaired) electrons. The third-order valence-corrected chi connectivity index (χ3v) is 4.55. The lowest BCUT2D eigenvalue weighted by atomic mass is 10.2. The summed E-state index contributed by atoms with van der Waals surface area (Å²) in [5, 5.41) is 0. The summed E-state index contributed by atoms with van der Waals surface area (Å²) in [5.41, 5.74) is 1.38. The molecule has 30 heavy (non-hydrogen) atoms. The number of hydrogen-bond donors (Lipinski definition) is 0. The molecule has 0 saturated heterocycles. The topological polar surface area (TPSA) is 73.0 Å². The molecule has 2 aromatic rings. The Bertz CT molecular complexity index is 872. The number of rotatable bonds is 8. The van der Waals surface area contributed by atoms with Gasteiger partial charge in [0.15, 0.2) is 5.78 Å². The van der Waals surface area contributed by atoms with Gasteiger partial charge in [0.1, 0.15) is 23.0 Å². The van der Waals surface area contributed by atoms with Gasteiger partial charge in [0, 0.05) is 58.2 Å². The number of nitrogens with zero attached hydrogens (tertiary/aromatic N) is 5. The predicted molar refractivity (Wildman–Crippen MR) is 121 cm³/mol. The Morgan fingerprint density at radius 3 is 1.73 bits per heavy atom. The van der Waals surface area contributed by atoms with E-state index in [0.29, 0.717) is 17.4 Å². The van der Waals surface area contributed by atoms with Gasteiger partial charge < -0.3 is 14.0 Å². The SMILES string of the molecule is CCc1ncc(C(=O)C=CN(C)C)n1C(C)C.CCc1ncc(C(C)=O)n1C(C)C. The lowest BCUT2D eigenvalue weighted by molar-refractivity contribution is 0.100. The molecule has 0 unspecified atom stereocenters. The summed E-state index contributed by atoms with van der Waals surface area (Å²) in [6.45, 7) is 13.9. The monoisotopic (exact) mass is 415 g/mol. The minimum atomic E-state index is -0.000370. The summed E-state index contributed by atoms with van der Waals surface area (Å²) in [4.78, 5) is 33.6. The second-order valence-electron chi connectivity index (χ2n) is 7.95. The number of allylic oxidation sites excluding steroid dienone is 1. The predicted octanol–water partition coefficient (Wildman–Crippen LogP) is 4.51. The number of aryl methyl sites for hydroxylation is 2. The van der Waals surface area contributed by atoms with Gasteiger partial charge in [-0.2, -0.15) is 0 Å². The number of ketones is 2. The van der Waals surface area contributed by atoms with Crippen molar-refractivity contribution in [1.29, 1.82) is 0 Å². The lowest BCUT2D eigenvalue weighted by Gasteiger charge is -2.13. The van der Waals surface area contributed by atoms with Gasteiger partial charge in [0.25, 0.3) is 0 Å². The summed E-state index contributed by atoms with van der Waals surface area (Å²) in [6.07, 6.45) is 8.37. The summed E-state index contributed by atoms with van der Waals surface area (Å²) < 4.78 is 4.00. The van der Waals surface area contributed by atoms with Crippen molar-refractivity contribution in [2.45, 2.75) is 73.4 Å². The molecule has 0 aromatic carbocycles. The van der Waals surface area contributed by atoms with E-state index in [4.69, 9.17) is 0 Å². The van der Waals surface area contributed by atoms with E-state index >= 15 is 0 Å². The van der Waals surface area contributed by atoms with E-state index < -0.39 is 0 Å². The van der Waals surface area contributed by atoms with E-state index in [0.717, 1.165) is 24.5 Å². The first-order chi connectivity index (χ1) is 14.0. The molecule has 0 fully saturated rings. The first-order valence-electron chi connectivity index (χ1n) is 10.6. The molecule has 2 heterocycles. The van der Waals surface area contributed by atoms with E-state index in [1.165, 1.54) is 0 Å². The molecule has 0 aliphatic carbocycles. The van der Waals surface area contributed by atoms with Gasteiger partial charge in [-0.25, -0.2) is 9.97 Å². The van der Waals surface area contributed by atoms with Crippen LogP contribution in [0.2, 0.25) is 0 Å². The van der Waals surface area contributed by atoms with Crippen molar-refractivity contribution < 1.29 is 9.59 Å². The summed E-state index contributed by atoms with van der Waals surface area (Å²) >= 11 is 0. The maximum absolute atomic E-state index is 12.0. The minimum Gasteiger partial charge on any atom is -0.383 e. The third kappa shape index (κ3) is 6.40. The largest absolute Gasteiger partial charge is 0.383 e. The number of aromatic nitrogens is 4. The molecule has 7 nitrogen and oxygen atoms in total. The lowest BCUT2D eigenvalue weighted by Crippen LogP contribution is -2.13. The van der Waals surface area contributed by atoms with E-state index in [2.05, 4.69) is 37.7 Å². The highest BCUT2D eigenvalue weighted by Gasteiger charge is 2.16. The van der Waals surface area contributed by atoms with Gasteiger partial charge >= 0.3 is 0 Å². The van der Waals surface area contributed by atoms with Crippen LogP contribution >= 0.6 is 0 Å². The highest BCUT2D eigenvalue weighted by atomic mass is 16.1. The average molecular weight is 416 g/mol. The maximum Gasteiger partial charge on any atom is 0.205 e. The Labute approximate surface area is 180 Å². The van der Waals surface area contributed by atoms with Crippen molar-refractivity contribution in [3.8, 4) is 0 Å². The molecule has 0 N–H and O–H groups in total. The molecule has 0 atom stereocenters. The fraction of sp³-hybridized carbons (Fsp3) is 0.565. The zero-order valence-electron chi connectivity index (χ0n) is 19.9. The molecule has 0 aliphatic rings. The first kappa shape index (κ1) is 25.3. The van der Waals surface area contributed by atoms with Gasteiger partial charge in [-0.3, -0.25) is 9.59 Å². The molecule has 7 heteroatoms. The molecular weight excluding hydrogens is 378 g/mol. The number of Topliss-reactive ketones (excluding diaryl/α,β-unsaturated/α-hetero) is 1. The van der Waals surface area contributed by atoms with Gasteiger partial charge in [-0.05, 0) is 27.7 Å². The summed E-state index contributed by atoms with van der Waals surface area (Å²) in [5.74, 6) is 2.03. The van der Waals surface area contributed by atoms with Crippen LogP contribution in [0, 0.1) is 0 Å². The molecule has 2 aromatic heterocycles. The molecule has 0 aliphatic heterocycles. The molecule has 0 amide bonds. The number of imidazole rings is 2. The van der Waals surface area contributed by atoms with Crippen LogP contribution in [0.15, 0.2) is 24.7 Å². The van der Waals surface area contributed by atoms with Crippen molar-refractivity contribution in [3.05, 3.63) is 47.7 Å². The number of carbonyl (C=O) groups excluding carboxylic acids is 2. The molecule has 2 rings (SSSR count). The van der Waals surface area contributed by atoms with Crippen molar-refractivity contribution in [3.63, 3.8) is 0 Å². The van der Waals surface area contributed by atoms with Gasteiger partial charge in [-0.1, -0.05) is 13.8 Å². The van der Waals surface area contributed by atoms with Crippen LogP contribution in [0.3, 0.4) is 0 Å². The quantitative estimate of drug-likeness (QED) is 0.468. The Balaban J connectivity index is 0.000000311. The zero-order valence-corrected chi connectivity index (χ0v) is 19.9. The maximum atomic E-state index is 12.0. The van der Waals surface area contributed by atoms with Crippen molar-refractivity contribution in [2.24, 2.45) is 0 Å². The van der Waals surface area contributed by atoms with Crippen molar-refractivity contribution in [1.82, 2.24) is 24.0 Å². The summed E-state index contributed by atoms with van der Waals surface area (Å²) in [7, 11) is 3.78. The standard InChI is InChI=1S/C13H21N3O.C10H16N2O/c1-6-13-14-9-11(16(13)10(2)3)12(17)7-8-15(4)5;1-5-10-11-6-9(8(4)13)12(10)7(2)3/h7-10H,6H2,1-5H3;6-7H,5H2,1-4H3. The molecule has 0 saturated carbocycles. The van der Waals surface area contributed by atoms with Gasteiger partial charge in [0.2, 0.25) is 5.78 Å². The van der Waals surface area contributed by atoms with E-state index in [-0.39, 0.29) is 17.6 Å². The zero-order chi connectivity index (χ0) is 23.0. The van der Waals surface area contributed by atoms with Crippen LogP contribution in [0.5, 0.6) is 0 Å². The van der Waals surface area contributed by atoms with Crippen LogP contribution < -0.4 is 0 Å². The third-order valence-electron chi connectivity index (χ3n) is 4.55. The second-order valence-corrected chi connectivity index (χ2v) is 7.95. The van der Waals surface area contributed by atoms with Crippen LogP contribution in [-0.4, -0.2) is 49.7 Å². The van der Waals surface area contributed by atoms with Crippen LogP contribution in [0.25, 0.3) is 0 Å². The van der Waals surface area contributed by atoms with Gasteiger partial charge in [0.05, 0.1) is 12.4 Å². The van der Waals surface area contributed by atoms with Crippen molar-refractivity contribution >= 4 is 11.6 Å². The Morgan fingerprint density at radius 2 is 1.37 bits per heavy atom. The Kier molecular flexibility index (Phi) is 9.69. The molecule has 0 spiro atoms. The minimum absolute atomic E-state index is 0.000370. The molecule has 0 bridgehead atoms. The van der Waals surface area contributed by atoms with Crippen LogP contribution in [0.4, 0.5) is 0 Å². The fourth-order valence-electron chi connectivity index (χ4n) is 3.22. The van der Waals surface area contributed by atoms with Crippen molar-refractivity contribution in [2.75, 3.05) is 14.1 Å². The fourth-order valence-corrected chi connectivity index (χ4v) is 3.22. The first-order valence-corrected chi connectivity index (χ1v) is 10.6. The molecular formula is C23H37N5O2. The normalized spacial score (nSPS) is 11.2. The highest BCUT2D eigenvalue weighted by molar-refractivity contribution is 6.03. The number of hydrogen-bond acceptors (Lipinski definition) is 5. The average Bonchev–Trinajstić information content (AvgIpc) is 3.30. The highest BCUT2D eigenvalue weighted by Crippen LogP contribution is 2.16. The smallest absolute Gasteiger partial charge is 0.205 e. The Hall–Kier alpha value is -2.70. The number of carbonyl (C=O) groups is 2. The van der Waals surface area contributed by atoms with Crippen LogP contribution in [-0.2, 0) is 12.8 Å². The Morgan fingerprint density at radius 1 is 0.933 bits per heavy atom. The van der Waals surface area contributed by atoms with E-state index in [9.17, 15) is 9.59 Å². The van der Waals surface area contributed by atoms with Gasteiger partial charge in [-0.15, -0.1) is 0 Å². The second kappa shape index (κ2) is 11.5. The molecule has 166 valence electrons.